The van der Waals surface area contributed by atoms with Gasteiger partial charge in [0.1, 0.15) is 10.6 Å². The van der Waals surface area contributed by atoms with Gasteiger partial charge in [0.25, 0.3) is 0 Å². The van der Waals surface area contributed by atoms with Crippen LogP contribution in [0.2, 0.25) is 0 Å². The zero-order valence-electron chi connectivity index (χ0n) is 13.3. The number of nitrogens with two attached hydrogens (primary N) is 1. The number of nitriles is 1. The first-order valence-electron chi connectivity index (χ1n) is 6.96. The highest BCUT2D eigenvalue weighted by Gasteiger charge is 2.39. The van der Waals surface area contributed by atoms with Crippen LogP contribution < -0.4 is 5.73 Å². The Morgan fingerprint density at radius 1 is 1.48 bits per heavy atom. The molecule has 0 aliphatic carbocycles. The maximum Gasteiger partial charge on any atom is 0.135 e. The van der Waals surface area contributed by atoms with Crippen molar-refractivity contribution in [1.29, 1.82) is 5.26 Å². The van der Waals surface area contributed by atoms with Crippen LogP contribution in [0, 0.1) is 17.1 Å². The Morgan fingerprint density at radius 3 is 2.61 bits per heavy atom. The Hall–Kier alpha value is -1.01. The number of benzene rings is 1. The quantitative estimate of drug-likeness (QED) is 0.758. The van der Waals surface area contributed by atoms with Gasteiger partial charge in [-0.2, -0.15) is 5.26 Å². The molecule has 0 aliphatic heterocycles. The molecule has 0 amide bonds. The van der Waals surface area contributed by atoms with Crippen molar-refractivity contribution in [2.45, 2.75) is 31.1 Å². The van der Waals surface area contributed by atoms with E-state index in [1.165, 1.54) is 26.0 Å². The lowest BCUT2D eigenvalue weighted by Crippen LogP contribution is -2.46. The van der Waals surface area contributed by atoms with Crippen LogP contribution in [-0.2, 0) is 15.3 Å². The lowest BCUT2D eigenvalue weighted by atomic mass is 9.95. The molecule has 1 rings (SSSR count). The highest BCUT2D eigenvalue weighted by atomic mass is 79.9. The molecule has 0 saturated carbocycles. The van der Waals surface area contributed by atoms with Crippen LogP contribution in [0.15, 0.2) is 27.0 Å². The summed E-state index contributed by atoms with van der Waals surface area (Å²) in [5.41, 5.74) is 5.14. The summed E-state index contributed by atoms with van der Waals surface area (Å²) >= 11 is 3.26. The number of hydrogen-bond acceptors (Lipinski definition) is 5. The average Bonchev–Trinajstić information content (AvgIpc) is 2.46. The van der Waals surface area contributed by atoms with Crippen molar-refractivity contribution in [2.75, 3.05) is 18.9 Å². The monoisotopic (exact) mass is 405 g/mol. The minimum Gasteiger partial charge on any atom is -0.394 e. The van der Waals surface area contributed by atoms with Crippen LogP contribution >= 0.6 is 15.9 Å². The molecule has 2 atom stereocenters. The predicted molar refractivity (Wildman–Crippen MR) is 92.7 cm³/mol. The van der Waals surface area contributed by atoms with E-state index in [4.69, 9.17) is 10.8 Å². The summed E-state index contributed by atoms with van der Waals surface area (Å²) in [4.78, 5) is 0. The van der Waals surface area contributed by atoms with Crippen LogP contribution in [-0.4, -0.2) is 33.0 Å². The van der Waals surface area contributed by atoms with Gasteiger partial charge >= 0.3 is 0 Å². The molecule has 0 aromatic heterocycles. The van der Waals surface area contributed by atoms with Crippen LogP contribution in [0.3, 0.4) is 0 Å². The lowest BCUT2D eigenvalue weighted by molar-refractivity contribution is 0.307. The molecule has 0 heterocycles. The maximum absolute atomic E-state index is 14.1. The third-order valence-electron chi connectivity index (χ3n) is 3.51. The first kappa shape index (κ1) is 20.0. The van der Waals surface area contributed by atoms with E-state index >= 15 is 0 Å². The van der Waals surface area contributed by atoms with Crippen molar-refractivity contribution in [3.8, 4) is 6.07 Å². The van der Waals surface area contributed by atoms with E-state index < -0.39 is 25.8 Å². The largest absolute Gasteiger partial charge is 0.394 e. The fourth-order valence-corrected chi connectivity index (χ4v) is 4.69. The minimum absolute atomic E-state index is 0.0685. The number of rotatable bonds is 6. The Balaban J connectivity index is 3.41. The highest BCUT2D eigenvalue weighted by Crippen LogP contribution is 2.30. The zero-order chi connectivity index (χ0) is 17.9. The SMILES string of the molecule is CC(C)(C#N)S(=O)(C[C@](C)(N)c1cc(Br)ccc1F)=NCCO. The highest BCUT2D eigenvalue weighted by molar-refractivity contribution is 9.10. The topological polar surface area (TPSA) is 99.5 Å². The Bertz CT molecular complexity index is 735. The molecule has 1 aromatic rings. The van der Waals surface area contributed by atoms with Crippen LogP contribution in [0.1, 0.15) is 26.3 Å². The van der Waals surface area contributed by atoms with Crippen molar-refractivity contribution in [1.82, 2.24) is 0 Å². The van der Waals surface area contributed by atoms with Gasteiger partial charge in [-0.25, -0.2) is 13.0 Å². The van der Waals surface area contributed by atoms with Crippen molar-refractivity contribution in [3.63, 3.8) is 0 Å². The second-order valence-corrected chi connectivity index (χ2v) is 9.79. The standard InChI is InChI=1S/C15H21BrFN3O2S/c1-14(2,9-18)23(22,20-6-7-21)10-15(3,19)12-8-11(16)4-5-13(12)17/h4-5,8,21H,6-7,10,19H2,1-3H3/t15-,23?/m0/s1. The second kappa shape index (κ2) is 7.26. The molecule has 0 saturated heterocycles. The van der Waals surface area contributed by atoms with E-state index in [2.05, 4.69) is 20.3 Å². The van der Waals surface area contributed by atoms with Gasteiger partial charge in [-0.15, -0.1) is 0 Å². The molecule has 23 heavy (non-hydrogen) atoms. The number of halogens is 2. The van der Waals surface area contributed by atoms with E-state index in [9.17, 15) is 13.9 Å². The van der Waals surface area contributed by atoms with E-state index in [0.717, 1.165) is 0 Å². The predicted octanol–water partition coefficient (Wildman–Crippen LogP) is 2.52. The molecule has 0 aliphatic rings. The lowest BCUT2D eigenvalue weighted by Gasteiger charge is -2.31. The Kier molecular flexibility index (Phi) is 6.32. The summed E-state index contributed by atoms with van der Waals surface area (Å²) in [5.74, 6) is -0.717. The summed E-state index contributed by atoms with van der Waals surface area (Å²) in [6.07, 6.45) is 0. The van der Waals surface area contributed by atoms with Gasteiger partial charge in [-0.1, -0.05) is 15.9 Å². The molecule has 3 N–H and O–H groups in total. The van der Waals surface area contributed by atoms with E-state index in [1.807, 2.05) is 6.07 Å². The molecule has 0 spiro atoms. The van der Waals surface area contributed by atoms with Gasteiger partial charge in [0.15, 0.2) is 0 Å². The third-order valence-corrected chi connectivity index (χ3v) is 7.28. The molecule has 5 nitrogen and oxygen atoms in total. The Labute approximate surface area is 145 Å². The van der Waals surface area contributed by atoms with Gasteiger partial charge in [0, 0.05) is 10.0 Å². The van der Waals surface area contributed by atoms with E-state index in [-0.39, 0.29) is 24.5 Å². The third kappa shape index (κ3) is 4.51. The van der Waals surface area contributed by atoms with Gasteiger partial charge in [0.2, 0.25) is 0 Å². The summed E-state index contributed by atoms with van der Waals surface area (Å²) in [5, 5.41) is 18.3. The first-order chi connectivity index (χ1) is 10.5. The summed E-state index contributed by atoms with van der Waals surface area (Å²) in [7, 11) is -3.12. The van der Waals surface area contributed by atoms with Crippen molar-refractivity contribution in [2.24, 2.45) is 10.1 Å². The van der Waals surface area contributed by atoms with Gasteiger partial charge < -0.3 is 10.8 Å². The number of aliphatic hydroxyl groups excluding tert-OH is 1. The summed E-state index contributed by atoms with van der Waals surface area (Å²) < 4.78 is 30.8. The molecule has 1 unspecified atom stereocenters. The molecule has 0 radical (unpaired) electrons. The normalized spacial score (nSPS) is 17.0. The average molecular weight is 406 g/mol. The van der Waals surface area contributed by atoms with Crippen molar-refractivity contribution >= 4 is 25.7 Å². The molecule has 128 valence electrons. The second-order valence-electron chi connectivity index (χ2n) is 6.02. The van der Waals surface area contributed by atoms with Crippen LogP contribution in [0.4, 0.5) is 4.39 Å². The van der Waals surface area contributed by atoms with Gasteiger partial charge in [0.05, 0.1) is 40.2 Å². The fourth-order valence-electron chi connectivity index (χ4n) is 2.07. The van der Waals surface area contributed by atoms with Gasteiger partial charge in [-0.3, -0.25) is 0 Å². The van der Waals surface area contributed by atoms with Crippen LogP contribution in [0.5, 0.6) is 0 Å². The maximum atomic E-state index is 14.1. The van der Waals surface area contributed by atoms with E-state index in [0.29, 0.717) is 4.47 Å². The van der Waals surface area contributed by atoms with Crippen molar-refractivity contribution in [3.05, 3.63) is 34.1 Å². The fraction of sp³-hybridized carbons (Fsp3) is 0.533. The number of hydrogen-bond donors (Lipinski definition) is 2. The van der Waals surface area contributed by atoms with E-state index in [1.54, 1.807) is 13.0 Å². The number of nitrogens with zero attached hydrogens (tertiary/aromatic N) is 2. The molecule has 1 aromatic carbocycles. The molecule has 8 heteroatoms. The molecular weight excluding hydrogens is 385 g/mol. The van der Waals surface area contributed by atoms with Gasteiger partial charge in [-0.05, 0) is 39.0 Å². The molecule has 0 fully saturated rings. The Morgan fingerprint density at radius 2 is 2.09 bits per heavy atom. The first-order valence-corrected chi connectivity index (χ1v) is 9.43. The van der Waals surface area contributed by atoms with Crippen molar-refractivity contribution < 1.29 is 13.7 Å². The summed E-state index contributed by atoms with van der Waals surface area (Å²) in [6.45, 7) is 4.21. The smallest absolute Gasteiger partial charge is 0.135 e. The molecule has 0 bridgehead atoms. The zero-order valence-corrected chi connectivity index (χ0v) is 15.7. The molecular formula is C15H21BrFN3O2S. The summed E-state index contributed by atoms with van der Waals surface area (Å²) in [6, 6.07) is 6.32. The minimum atomic E-state index is -3.12. The van der Waals surface area contributed by atoms with Crippen LogP contribution in [0.25, 0.3) is 0 Å². The number of aliphatic hydroxyl groups is 1.